The lowest BCUT2D eigenvalue weighted by atomic mass is 10.0. The normalized spacial score (nSPS) is 17.2. The van der Waals surface area contributed by atoms with E-state index < -0.39 is 0 Å². The Morgan fingerprint density at radius 2 is 1.89 bits per heavy atom. The Labute approximate surface area is 169 Å². The number of nitrogens with one attached hydrogen (secondary N) is 1. The third-order valence-corrected chi connectivity index (χ3v) is 6.59. The van der Waals surface area contributed by atoms with Crippen molar-refractivity contribution in [2.45, 2.75) is 40.3 Å². The number of ketones is 2. The summed E-state index contributed by atoms with van der Waals surface area (Å²) < 4.78 is 0.824. The number of rotatable bonds is 6. The van der Waals surface area contributed by atoms with Gasteiger partial charge in [0.25, 0.3) is 0 Å². The fourth-order valence-corrected chi connectivity index (χ4v) is 5.00. The van der Waals surface area contributed by atoms with E-state index in [0.29, 0.717) is 11.3 Å². The minimum Gasteiger partial charge on any atom is -0.355 e. The van der Waals surface area contributed by atoms with E-state index in [2.05, 4.69) is 20.9 Å². The van der Waals surface area contributed by atoms with Crippen LogP contribution in [0.5, 0.6) is 0 Å². The van der Waals surface area contributed by atoms with Gasteiger partial charge in [0.1, 0.15) is 0 Å². The van der Waals surface area contributed by atoms with Gasteiger partial charge >= 0.3 is 0 Å². The largest absolute Gasteiger partial charge is 0.355 e. The van der Waals surface area contributed by atoms with Crippen LogP contribution >= 0.6 is 22.9 Å². The number of carbonyl (C=O) groups excluding carboxylic acids is 2. The molecule has 146 valence electrons. The minimum absolute atomic E-state index is 0.00440. The molecule has 1 saturated heterocycles. The Balaban J connectivity index is 1.62. The van der Waals surface area contributed by atoms with Gasteiger partial charge in [0.15, 0.2) is 11.6 Å². The van der Waals surface area contributed by atoms with E-state index in [9.17, 15) is 9.59 Å². The molecule has 0 bridgehead atoms. The van der Waals surface area contributed by atoms with Crippen molar-refractivity contribution in [2.75, 3.05) is 26.2 Å². The van der Waals surface area contributed by atoms with Crippen molar-refractivity contribution in [2.24, 2.45) is 0 Å². The van der Waals surface area contributed by atoms with Crippen LogP contribution in [-0.2, 0) is 6.54 Å². The number of halogens is 1. The zero-order valence-electron chi connectivity index (χ0n) is 16.3. The van der Waals surface area contributed by atoms with E-state index in [4.69, 9.17) is 11.6 Å². The average molecular weight is 408 g/mol. The lowest BCUT2D eigenvalue weighted by Gasteiger charge is -2.37. The second kappa shape index (κ2) is 8.27. The molecule has 3 rings (SSSR count). The summed E-state index contributed by atoms with van der Waals surface area (Å²) in [4.78, 5) is 33.9. The molecule has 1 aliphatic heterocycles. The monoisotopic (exact) mass is 407 g/mol. The standard InChI is InChI=1S/C20H26ClN3O2S/c1-12-18(15(4)25)13(2)22-19(12)20(26)14(3)24-9-7-23(8-10-24)11-16-5-6-17(21)27-16/h5-6,14,22H,7-11H2,1-4H3/t14-/m0/s1. The molecule has 2 aromatic heterocycles. The van der Waals surface area contributed by atoms with Gasteiger partial charge in [0, 0.05) is 48.9 Å². The first-order valence-electron chi connectivity index (χ1n) is 9.23. The topological polar surface area (TPSA) is 56.4 Å². The van der Waals surface area contributed by atoms with Crippen molar-refractivity contribution >= 4 is 34.5 Å². The third-order valence-electron chi connectivity index (χ3n) is 5.38. The molecule has 1 aliphatic rings. The molecule has 7 heteroatoms. The predicted octanol–water partition coefficient (Wildman–Crippen LogP) is 3.94. The lowest BCUT2D eigenvalue weighted by Crippen LogP contribution is -2.51. The fraction of sp³-hybridized carbons (Fsp3) is 0.500. The van der Waals surface area contributed by atoms with Crippen LogP contribution in [0, 0.1) is 13.8 Å². The second-order valence-electron chi connectivity index (χ2n) is 7.24. The lowest BCUT2D eigenvalue weighted by molar-refractivity contribution is 0.0684. The van der Waals surface area contributed by atoms with Crippen LogP contribution < -0.4 is 0 Å². The van der Waals surface area contributed by atoms with Crippen LogP contribution in [0.15, 0.2) is 12.1 Å². The fourth-order valence-electron chi connectivity index (χ4n) is 3.87. The quantitative estimate of drug-likeness (QED) is 0.737. The van der Waals surface area contributed by atoms with E-state index in [1.807, 2.05) is 26.8 Å². The highest BCUT2D eigenvalue weighted by Crippen LogP contribution is 2.24. The van der Waals surface area contributed by atoms with Gasteiger partial charge in [0.2, 0.25) is 0 Å². The maximum absolute atomic E-state index is 13.0. The molecular weight excluding hydrogens is 382 g/mol. The van der Waals surface area contributed by atoms with Gasteiger partial charge in [-0.2, -0.15) is 0 Å². The number of aryl methyl sites for hydroxylation is 1. The number of H-pyrrole nitrogens is 1. The number of carbonyl (C=O) groups is 2. The maximum Gasteiger partial charge on any atom is 0.196 e. The number of piperazine rings is 1. The number of aromatic nitrogens is 1. The molecule has 2 aromatic rings. The summed E-state index contributed by atoms with van der Waals surface area (Å²) in [6.45, 7) is 11.7. The van der Waals surface area contributed by atoms with Crippen LogP contribution in [0.4, 0.5) is 0 Å². The van der Waals surface area contributed by atoms with Gasteiger partial charge in [-0.1, -0.05) is 11.6 Å². The van der Waals surface area contributed by atoms with Crippen LogP contribution in [0.3, 0.4) is 0 Å². The van der Waals surface area contributed by atoms with Gasteiger partial charge < -0.3 is 4.98 Å². The number of hydrogen-bond acceptors (Lipinski definition) is 5. The SMILES string of the molecule is CC(=O)c1c(C)[nH]c(C(=O)[C@H](C)N2CCN(Cc3ccc(Cl)s3)CC2)c1C. The van der Waals surface area contributed by atoms with E-state index in [1.54, 1.807) is 18.3 Å². The minimum atomic E-state index is -0.208. The molecule has 0 spiro atoms. The average Bonchev–Trinajstić information content (AvgIpc) is 3.16. The summed E-state index contributed by atoms with van der Waals surface area (Å²) >= 11 is 7.63. The molecule has 1 N–H and O–H groups in total. The zero-order chi connectivity index (χ0) is 19.7. The molecule has 5 nitrogen and oxygen atoms in total. The van der Waals surface area contributed by atoms with E-state index >= 15 is 0 Å². The number of hydrogen-bond donors (Lipinski definition) is 1. The van der Waals surface area contributed by atoms with Crippen molar-refractivity contribution in [3.05, 3.63) is 43.9 Å². The molecule has 0 amide bonds. The van der Waals surface area contributed by atoms with Crippen LogP contribution in [-0.4, -0.2) is 58.6 Å². The van der Waals surface area contributed by atoms with Crippen molar-refractivity contribution in [3.8, 4) is 0 Å². The Bertz CT molecular complexity index is 850. The van der Waals surface area contributed by atoms with Gasteiger partial charge in [-0.15, -0.1) is 11.3 Å². The molecule has 3 heterocycles. The Morgan fingerprint density at radius 3 is 2.41 bits per heavy atom. The third kappa shape index (κ3) is 4.35. The van der Waals surface area contributed by atoms with E-state index in [1.165, 1.54) is 4.88 Å². The predicted molar refractivity (Wildman–Crippen MR) is 110 cm³/mol. The number of aromatic amines is 1. The maximum atomic E-state index is 13.0. The van der Waals surface area contributed by atoms with Gasteiger partial charge in [-0.05, 0) is 45.4 Å². The van der Waals surface area contributed by atoms with Crippen molar-refractivity contribution in [3.63, 3.8) is 0 Å². The second-order valence-corrected chi connectivity index (χ2v) is 9.04. The van der Waals surface area contributed by atoms with Crippen molar-refractivity contribution in [1.82, 2.24) is 14.8 Å². The van der Waals surface area contributed by atoms with Gasteiger partial charge in [-0.3, -0.25) is 19.4 Å². The first kappa shape index (κ1) is 20.3. The highest BCUT2D eigenvalue weighted by molar-refractivity contribution is 7.16. The Hall–Kier alpha value is -1.47. The van der Waals surface area contributed by atoms with Crippen LogP contribution in [0.25, 0.3) is 0 Å². The van der Waals surface area contributed by atoms with Crippen molar-refractivity contribution in [1.29, 1.82) is 0 Å². The van der Waals surface area contributed by atoms with Crippen LogP contribution in [0.2, 0.25) is 4.34 Å². The summed E-state index contributed by atoms with van der Waals surface area (Å²) in [5, 5.41) is 0. The van der Waals surface area contributed by atoms with Crippen molar-refractivity contribution < 1.29 is 9.59 Å². The molecule has 0 saturated carbocycles. The Morgan fingerprint density at radius 1 is 1.22 bits per heavy atom. The van der Waals surface area contributed by atoms with Gasteiger partial charge in [-0.25, -0.2) is 0 Å². The number of nitrogens with zero attached hydrogens (tertiary/aromatic N) is 2. The highest BCUT2D eigenvalue weighted by atomic mass is 35.5. The summed E-state index contributed by atoms with van der Waals surface area (Å²) in [7, 11) is 0. The zero-order valence-corrected chi connectivity index (χ0v) is 17.8. The molecule has 27 heavy (non-hydrogen) atoms. The number of thiophene rings is 1. The van der Waals surface area contributed by atoms with Gasteiger partial charge in [0.05, 0.1) is 16.1 Å². The molecule has 0 unspecified atom stereocenters. The van der Waals surface area contributed by atoms with Crippen LogP contribution in [0.1, 0.15) is 50.8 Å². The first-order valence-corrected chi connectivity index (χ1v) is 10.4. The number of Topliss-reactive ketones (excluding diaryl/α,β-unsaturated/α-hetero) is 2. The molecule has 0 aromatic carbocycles. The molecule has 1 fully saturated rings. The van der Waals surface area contributed by atoms with E-state index in [-0.39, 0.29) is 17.6 Å². The smallest absolute Gasteiger partial charge is 0.196 e. The molecular formula is C20H26ClN3O2S. The highest BCUT2D eigenvalue weighted by Gasteiger charge is 2.29. The molecule has 0 aliphatic carbocycles. The Kier molecular flexibility index (Phi) is 6.21. The summed E-state index contributed by atoms with van der Waals surface area (Å²) in [6, 6.07) is 3.81. The first-order chi connectivity index (χ1) is 12.8. The van der Waals surface area contributed by atoms with E-state index in [0.717, 1.165) is 48.3 Å². The molecule has 0 radical (unpaired) electrons. The summed E-state index contributed by atoms with van der Waals surface area (Å²) in [6.07, 6.45) is 0. The summed E-state index contributed by atoms with van der Waals surface area (Å²) in [5.74, 6) is 0.0526. The molecule has 1 atom stereocenters. The summed E-state index contributed by atoms with van der Waals surface area (Å²) in [5.41, 5.74) is 2.76.